The summed E-state index contributed by atoms with van der Waals surface area (Å²) in [4.78, 5) is 13.4. The minimum Gasteiger partial charge on any atom is -0.492 e. The maximum absolute atomic E-state index is 11.6. The lowest BCUT2D eigenvalue weighted by Gasteiger charge is -2.32. The zero-order valence-corrected chi connectivity index (χ0v) is 16.4. The van der Waals surface area contributed by atoms with Gasteiger partial charge in [0.05, 0.1) is 6.04 Å². The van der Waals surface area contributed by atoms with Crippen LogP contribution < -0.4 is 15.8 Å². The number of carbonyl (C=O) groups excluding carboxylic acids is 1. The number of nitrogens with one attached hydrogen (secondary N) is 1. The molecule has 1 amide bonds. The second kappa shape index (κ2) is 9.33. The number of halogens is 1. The molecule has 0 saturated carbocycles. The summed E-state index contributed by atoms with van der Waals surface area (Å²) in [6.07, 6.45) is 5.35. The number of nitrogens with zero attached hydrogens (tertiary/aromatic N) is 1. The lowest BCUT2D eigenvalue weighted by molar-refractivity contribution is -0.119. The van der Waals surface area contributed by atoms with E-state index >= 15 is 0 Å². The second-order valence-corrected chi connectivity index (χ2v) is 6.97. The van der Waals surface area contributed by atoms with E-state index in [2.05, 4.69) is 18.0 Å². The first-order chi connectivity index (χ1) is 13.6. The van der Waals surface area contributed by atoms with Gasteiger partial charge in [-0.25, -0.2) is 0 Å². The van der Waals surface area contributed by atoms with Crippen LogP contribution in [0.25, 0.3) is 5.57 Å². The van der Waals surface area contributed by atoms with E-state index in [1.807, 2.05) is 36.4 Å². The van der Waals surface area contributed by atoms with Crippen molar-refractivity contribution in [3.63, 3.8) is 0 Å². The lowest BCUT2D eigenvalue weighted by atomic mass is 9.92. The Kier molecular flexibility index (Phi) is 6.61. The van der Waals surface area contributed by atoms with Gasteiger partial charge in [-0.1, -0.05) is 36.4 Å². The van der Waals surface area contributed by atoms with Crippen molar-refractivity contribution in [2.75, 3.05) is 25.4 Å². The average Bonchev–Trinajstić information content (AvgIpc) is 2.73. The highest BCUT2D eigenvalue weighted by Gasteiger charge is 2.24. The van der Waals surface area contributed by atoms with E-state index in [9.17, 15) is 4.79 Å². The molecular weight excluding hydrogens is 374 g/mol. The highest BCUT2D eigenvalue weighted by Crippen LogP contribution is 2.36. The van der Waals surface area contributed by atoms with Gasteiger partial charge in [0, 0.05) is 29.4 Å². The molecule has 2 aromatic carbocycles. The maximum Gasteiger partial charge on any atom is 0.210 e. The van der Waals surface area contributed by atoms with Gasteiger partial charge in [-0.05, 0) is 54.1 Å². The third kappa shape index (κ3) is 4.67. The molecule has 1 heterocycles. The van der Waals surface area contributed by atoms with Crippen LogP contribution in [0.1, 0.15) is 23.6 Å². The number of anilines is 1. The normalized spacial score (nSPS) is 16.2. The Labute approximate surface area is 170 Å². The quantitative estimate of drug-likeness (QED) is 0.401. The largest absolute Gasteiger partial charge is 0.492 e. The summed E-state index contributed by atoms with van der Waals surface area (Å²) in [6.45, 7) is 5.47. The van der Waals surface area contributed by atoms with E-state index in [4.69, 9.17) is 22.1 Å². The van der Waals surface area contributed by atoms with Crippen LogP contribution >= 0.6 is 11.6 Å². The Morgan fingerprint density at radius 2 is 2.07 bits per heavy atom. The molecule has 1 aliphatic heterocycles. The molecule has 3 N–H and O–H groups in total. The molecule has 0 bridgehead atoms. The van der Waals surface area contributed by atoms with Gasteiger partial charge in [-0.3, -0.25) is 4.79 Å². The summed E-state index contributed by atoms with van der Waals surface area (Å²) in [7, 11) is 0. The number of nitrogens with two attached hydrogens (primary N) is 1. The average molecular weight is 398 g/mol. The monoisotopic (exact) mass is 397 g/mol. The number of hydrogen-bond acceptors (Lipinski definition) is 4. The van der Waals surface area contributed by atoms with Crippen molar-refractivity contribution < 1.29 is 9.53 Å². The van der Waals surface area contributed by atoms with Gasteiger partial charge in [-0.2, -0.15) is 0 Å². The maximum atomic E-state index is 11.6. The molecule has 5 nitrogen and oxygen atoms in total. The SMILES string of the molecule is C=CNCCOc1ccc(C2C=C(c3cc(Cl)ccc3N)CCN2C=O)cc1. The van der Waals surface area contributed by atoms with Crippen LogP contribution in [0.2, 0.25) is 5.02 Å². The van der Waals surface area contributed by atoms with Gasteiger partial charge in [0.15, 0.2) is 0 Å². The fraction of sp³-hybridized carbons (Fsp3) is 0.227. The van der Waals surface area contributed by atoms with Crippen LogP contribution in [0.3, 0.4) is 0 Å². The van der Waals surface area contributed by atoms with Crippen LogP contribution in [0.15, 0.2) is 61.3 Å². The predicted molar refractivity (Wildman–Crippen MR) is 114 cm³/mol. The summed E-state index contributed by atoms with van der Waals surface area (Å²) < 4.78 is 5.68. The number of amides is 1. The molecule has 0 aromatic heterocycles. The topological polar surface area (TPSA) is 67.6 Å². The number of hydrogen-bond donors (Lipinski definition) is 2. The fourth-order valence-corrected chi connectivity index (χ4v) is 3.46. The van der Waals surface area contributed by atoms with Crippen LogP contribution in [0.4, 0.5) is 5.69 Å². The second-order valence-electron chi connectivity index (χ2n) is 6.54. The Bertz CT molecular complexity index is 865. The van der Waals surface area contributed by atoms with Crippen molar-refractivity contribution in [3.05, 3.63) is 77.5 Å². The van der Waals surface area contributed by atoms with Gasteiger partial charge in [0.1, 0.15) is 12.4 Å². The zero-order valence-electron chi connectivity index (χ0n) is 15.6. The molecular formula is C22H24ClN3O2. The summed E-state index contributed by atoms with van der Waals surface area (Å²) in [6, 6.07) is 13.1. The van der Waals surface area contributed by atoms with Gasteiger partial charge in [-0.15, -0.1) is 0 Å². The minimum absolute atomic E-state index is 0.156. The molecule has 0 aliphatic carbocycles. The number of carbonyl (C=O) groups is 1. The van der Waals surface area contributed by atoms with Crippen molar-refractivity contribution in [1.29, 1.82) is 0 Å². The molecule has 1 unspecified atom stereocenters. The molecule has 146 valence electrons. The van der Waals surface area contributed by atoms with Crippen LogP contribution in [-0.4, -0.2) is 31.0 Å². The number of rotatable bonds is 8. The molecule has 6 heteroatoms. The van der Waals surface area contributed by atoms with E-state index in [0.29, 0.717) is 30.4 Å². The number of nitrogen functional groups attached to an aromatic ring is 1. The Balaban J connectivity index is 1.82. The lowest BCUT2D eigenvalue weighted by Crippen LogP contribution is -2.30. The van der Waals surface area contributed by atoms with Gasteiger partial charge in [0.25, 0.3) is 0 Å². The van der Waals surface area contributed by atoms with E-state index in [0.717, 1.165) is 35.3 Å². The zero-order chi connectivity index (χ0) is 19.9. The van der Waals surface area contributed by atoms with Gasteiger partial charge in [0.2, 0.25) is 6.41 Å². The summed E-state index contributed by atoms with van der Waals surface area (Å²) >= 11 is 6.15. The Morgan fingerprint density at radius 1 is 1.29 bits per heavy atom. The molecule has 28 heavy (non-hydrogen) atoms. The molecule has 0 spiro atoms. The molecule has 3 rings (SSSR count). The Hall–Kier alpha value is -2.92. The van der Waals surface area contributed by atoms with Crippen molar-refractivity contribution in [1.82, 2.24) is 10.2 Å². The molecule has 0 radical (unpaired) electrons. The third-order valence-corrected chi connectivity index (χ3v) is 4.97. The first-order valence-electron chi connectivity index (χ1n) is 9.16. The van der Waals surface area contributed by atoms with Crippen molar-refractivity contribution in [2.24, 2.45) is 0 Å². The van der Waals surface area contributed by atoms with Crippen LogP contribution in [0.5, 0.6) is 5.75 Å². The van der Waals surface area contributed by atoms with Crippen molar-refractivity contribution >= 4 is 29.3 Å². The van der Waals surface area contributed by atoms with Crippen LogP contribution in [-0.2, 0) is 4.79 Å². The summed E-state index contributed by atoms with van der Waals surface area (Å²) in [5.74, 6) is 0.784. The highest BCUT2D eigenvalue weighted by atomic mass is 35.5. The number of benzene rings is 2. The van der Waals surface area contributed by atoms with E-state index < -0.39 is 0 Å². The predicted octanol–water partition coefficient (Wildman–Crippen LogP) is 4.02. The minimum atomic E-state index is -0.156. The van der Waals surface area contributed by atoms with Gasteiger partial charge < -0.3 is 20.7 Å². The molecule has 1 atom stereocenters. The molecule has 0 fully saturated rings. The summed E-state index contributed by atoms with van der Waals surface area (Å²) in [5, 5.41) is 3.64. The third-order valence-electron chi connectivity index (χ3n) is 4.73. The van der Waals surface area contributed by atoms with E-state index in [1.54, 1.807) is 17.2 Å². The van der Waals surface area contributed by atoms with Crippen LogP contribution in [0, 0.1) is 0 Å². The number of ether oxygens (including phenoxy) is 1. The smallest absolute Gasteiger partial charge is 0.210 e. The fourth-order valence-electron chi connectivity index (χ4n) is 3.29. The molecule has 2 aromatic rings. The van der Waals surface area contributed by atoms with Crippen molar-refractivity contribution in [3.8, 4) is 5.75 Å². The van der Waals surface area contributed by atoms with E-state index in [1.165, 1.54) is 0 Å². The molecule has 1 aliphatic rings. The Morgan fingerprint density at radius 3 is 2.79 bits per heavy atom. The molecule has 0 saturated heterocycles. The standard InChI is InChI=1S/C22H24ClN3O2/c1-2-25-10-12-28-19-6-3-16(4-7-19)22-13-17(9-11-26(22)15-27)20-14-18(23)5-8-21(20)24/h2-8,13-15,22,25H,1,9-12,24H2. The first kappa shape index (κ1) is 19.8. The van der Waals surface area contributed by atoms with Gasteiger partial charge >= 0.3 is 0 Å². The van der Waals surface area contributed by atoms with Crippen molar-refractivity contribution in [2.45, 2.75) is 12.5 Å². The van der Waals surface area contributed by atoms with E-state index in [-0.39, 0.29) is 6.04 Å². The summed E-state index contributed by atoms with van der Waals surface area (Å²) in [5.41, 5.74) is 9.87. The first-order valence-corrected chi connectivity index (χ1v) is 9.54. The highest BCUT2D eigenvalue weighted by molar-refractivity contribution is 6.30.